The molecule has 1 N–H and O–H groups in total. The van der Waals surface area contributed by atoms with Gasteiger partial charge in [-0.1, -0.05) is 6.07 Å². The van der Waals surface area contributed by atoms with Crippen LogP contribution in [0.15, 0.2) is 59.5 Å². The quantitative estimate of drug-likeness (QED) is 0.559. The Morgan fingerprint density at radius 1 is 0.923 bits per heavy atom. The minimum atomic E-state index is -0.461. The highest BCUT2D eigenvalue weighted by atomic mass is 16.6. The largest absolute Gasteiger partial charge is 0.493 e. The molecule has 0 aliphatic rings. The number of methoxy groups -OCH3 is 2. The Kier molecular flexibility index (Phi) is 4.70. The maximum Gasteiger partial charge on any atom is 0.269 e. The molecule has 1 heterocycles. The smallest absolute Gasteiger partial charge is 0.269 e. The molecule has 0 aliphatic carbocycles. The van der Waals surface area contributed by atoms with E-state index in [1.165, 1.54) is 26.4 Å². The summed E-state index contributed by atoms with van der Waals surface area (Å²) in [7, 11) is 3.06. The van der Waals surface area contributed by atoms with Crippen molar-refractivity contribution in [3.05, 3.63) is 75.2 Å². The number of aromatic nitrogens is 1. The summed E-state index contributed by atoms with van der Waals surface area (Å²) in [4.78, 5) is 25.6. The second kappa shape index (κ2) is 7.10. The number of pyridine rings is 1. The summed E-state index contributed by atoms with van der Waals surface area (Å²) in [6, 6.07) is 13.0. The van der Waals surface area contributed by atoms with Gasteiger partial charge in [0.2, 0.25) is 0 Å². The van der Waals surface area contributed by atoms with Crippen LogP contribution >= 0.6 is 0 Å². The van der Waals surface area contributed by atoms with Crippen molar-refractivity contribution in [1.29, 1.82) is 0 Å². The molecule has 3 aromatic rings. The SMILES string of the molecule is COc1ccc(-c2c(-c3ccc([N+](=O)[O-])cc3)cc[nH]c2=O)cc1OC. The molecule has 0 atom stereocenters. The van der Waals surface area contributed by atoms with E-state index in [0.717, 1.165) is 0 Å². The zero-order valence-electron chi connectivity index (χ0n) is 14.2. The van der Waals surface area contributed by atoms with Gasteiger partial charge in [0.05, 0.1) is 24.7 Å². The Balaban J connectivity index is 2.17. The van der Waals surface area contributed by atoms with E-state index in [1.807, 2.05) is 0 Å². The van der Waals surface area contributed by atoms with Crippen LogP contribution in [0.25, 0.3) is 22.3 Å². The lowest BCUT2D eigenvalue weighted by molar-refractivity contribution is -0.384. The highest BCUT2D eigenvalue weighted by molar-refractivity contribution is 5.83. The third kappa shape index (κ3) is 3.14. The van der Waals surface area contributed by atoms with Gasteiger partial charge in [0.25, 0.3) is 11.2 Å². The van der Waals surface area contributed by atoms with Gasteiger partial charge >= 0.3 is 0 Å². The van der Waals surface area contributed by atoms with Gasteiger partial charge in [-0.05, 0) is 47.0 Å². The number of nitro groups is 1. The van der Waals surface area contributed by atoms with Crippen LogP contribution in [-0.2, 0) is 0 Å². The molecule has 3 rings (SSSR count). The molecule has 0 saturated carbocycles. The monoisotopic (exact) mass is 352 g/mol. The van der Waals surface area contributed by atoms with Gasteiger partial charge < -0.3 is 14.5 Å². The number of aromatic amines is 1. The zero-order chi connectivity index (χ0) is 18.7. The molecule has 0 spiro atoms. The second-order valence-electron chi connectivity index (χ2n) is 5.47. The fourth-order valence-corrected chi connectivity index (χ4v) is 2.76. The van der Waals surface area contributed by atoms with Gasteiger partial charge in [-0.15, -0.1) is 0 Å². The van der Waals surface area contributed by atoms with Crippen LogP contribution < -0.4 is 15.0 Å². The fourth-order valence-electron chi connectivity index (χ4n) is 2.76. The number of hydrogen-bond donors (Lipinski definition) is 1. The second-order valence-corrected chi connectivity index (χ2v) is 5.47. The maximum absolute atomic E-state index is 12.5. The highest BCUT2D eigenvalue weighted by Gasteiger charge is 2.15. The predicted octanol–water partition coefficient (Wildman–Crippen LogP) is 3.63. The molecule has 0 aliphatic heterocycles. The number of hydrogen-bond acceptors (Lipinski definition) is 5. The lowest BCUT2D eigenvalue weighted by atomic mass is 9.96. The van der Waals surface area contributed by atoms with E-state index in [0.29, 0.717) is 33.8 Å². The van der Waals surface area contributed by atoms with E-state index < -0.39 is 4.92 Å². The molecule has 7 heteroatoms. The first-order chi connectivity index (χ1) is 12.5. The van der Waals surface area contributed by atoms with Gasteiger partial charge in [-0.2, -0.15) is 0 Å². The number of non-ortho nitro benzene ring substituents is 1. The Hall–Kier alpha value is -3.61. The molecule has 0 radical (unpaired) electrons. The summed E-state index contributed by atoms with van der Waals surface area (Å²) < 4.78 is 10.5. The van der Waals surface area contributed by atoms with E-state index in [9.17, 15) is 14.9 Å². The van der Waals surface area contributed by atoms with Crippen LogP contribution in [0, 0.1) is 10.1 Å². The van der Waals surface area contributed by atoms with Gasteiger partial charge in [0.15, 0.2) is 11.5 Å². The summed E-state index contributed by atoms with van der Waals surface area (Å²) in [5.74, 6) is 1.06. The molecule has 0 bridgehead atoms. The average Bonchev–Trinajstić information content (AvgIpc) is 2.67. The predicted molar refractivity (Wildman–Crippen MR) is 97.7 cm³/mol. The van der Waals surface area contributed by atoms with Crippen molar-refractivity contribution in [3.63, 3.8) is 0 Å². The van der Waals surface area contributed by atoms with Crippen molar-refractivity contribution in [2.45, 2.75) is 0 Å². The normalized spacial score (nSPS) is 10.4. The Bertz CT molecular complexity index is 1010. The fraction of sp³-hybridized carbons (Fsp3) is 0.105. The van der Waals surface area contributed by atoms with Gasteiger partial charge in [0.1, 0.15) is 0 Å². The number of nitro benzene ring substituents is 1. The molecule has 7 nitrogen and oxygen atoms in total. The van der Waals surface area contributed by atoms with Crippen LogP contribution in [0.4, 0.5) is 5.69 Å². The maximum atomic E-state index is 12.5. The van der Waals surface area contributed by atoms with Crippen LogP contribution in [0.3, 0.4) is 0 Å². The lowest BCUT2D eigenvalue weighted by Crippen LogP contribution is -2.09. The molecular weight excluding hydrogens is 336 g/mol. The van der Waals surface area contributed by atoms with Crippen molar-refractivity contribution in [2.24, 2.45) is 0 Å². The molecule has 0 saturated heterocycles. The Morgan fingerprint density at radius 2 is 1.58 bits per heavy atom. The minimum absolute atomic E-state index is 0.00810. The highest BCUT2D eigenvalue weighted by Crippen LogP contribution is 2.35. The first-order valence-electron chi connectivity index (χ1n) is 7.74. The van der Waals surface area contributed by atoms with Crippen molar-refractivity contribution in [1.82, 2.24) is 4.98 Å². The third-order valence-corrected chi connectivity index (χ3v) is 4.02. The molecular formula is C19H16N2O5. The topological polar surface area (TPSA) is 94.5 Å². The van der Waals surface area contributed by atoms with E-state index in [-0.39, 0.29) is 11.2 Å². The number of nitrogens with zero attached hydrogens (tertiary/aromatic N) is 1. The number of ether oxygens (including phenoxy) is 2. The molecule has 0 fully saturated rings. The molecule has 0 amide bonds. The van der Waals surface area contributed by atoms with Crippen LogP contribution in [0.1, 0.15) is 0 Å². The van der Waals surface area contributed by atoms with Gasteiger partial charge in [0, 0.05) is 18.3 Å². The number of benzene rings is 2. The molecule has 132 valence electrons. The van der Waals surface area contributed by atoms with Crippen molar-refractivity contribution in [3.8, 4) is 33.8 Å². The average molecular weight is 352 g/mol. The zero-order valence-corrected chi connectivity index (χ0v) is 14.2. The summed E-state index contributed by atoms with van der Waals surface area (Å²) in [5, 5.41) is 10.8. The van der Waals surface area contributed by atoms with E-state index in [1.54, 1.807) is 42.6 Å². The molecule has 0 unspecified atom stereocenters. The van der Waals surface area contributed by atoms with E-state index in [4.69, 9.17) is 9.47 Å². The van der Waals surface area contributed by atoms with E-state index >= 15 is 0 Å². The van der Waals surface area contributed by atoms with Crippen LogP contribution in [0.2, 0.25) is 0 Å². The van der Waals surface area contributed by atoms with Crippen LogP contribution in [0.5, 0.6) is 11.5 Å². The summed E-state index contributed by atoms with van der Waals surface area (Å²) in [6.07, 6.45) is 1.54. The number of rotatable bonds is 5. The first kappa shape index (κ1) is 17.2. The number of nitrogens with one attached hydrogen (secondary N) is 1. The van der Waals surface area contributed by atoms with Crippen molar-refractivity contribution >= 4 is 5.69 Å². The van der Waals surface area contributed by atoms with Crippen LogP contribution in [-0.4, -0.2) is 24.1 Å². The molecule has 26 heavy (non-hydrogen) atoms. The molecule has 1 aromatic heterocycles. The Labute approximate surface area is 149 Å². The first-order valence-corrected chi connectivity index (χ1v) is 7.74. The van der Waals surface area contributed by atoms with Gasteiger partial charge in [-0.3, -0.25) is 14.9 Å². The summed E-state index contributed by atoms with van der Waals surface area (Å²) in [5.41, 5.74) is 2.18. The van der Waals surface area contributed by atoms with Crippen molar-refractivity contribution < 1.29 is 14.4 Å². The lowest BCUT2D eigenvalue weighted by Gasteiger charge is -2.12. The number of H-pyrrole nitrogens is 1. The molecule has 2 aromatic carbocycles. The standard InChI is InChI=1S/C19H16N2O5/c1-25-16-8-5-13(11-17(16)26-2)18-15(9-10-20-19(18)22)12-3-6-14(7-4-12)21(23)24/h3-11H,1-2H3,(H,20,22). The Morgan fingerprint density at radius 3 is 2.19 bits per heavy atom. The minimum Gasteiger partial charge on any atom is -0.493 e. The summed E-state index contributed by atoms with van der Waals surface area (Å²) >= 11 is 0. The summed E-state index contributed by atoms with van der Waals surface area (Å²) in [6.45, 7) is 0. The third-order valence-electron chi connectivity index (χ3n) is 4.02. The van der Waals surface area contributed by atoms with Crippen molar-refractivity contribution in [2.75, 3.05) is 14.2 Å². The van der Waals surface area contributed by atoms with Gasteiger partial charge in [-0.25, -0.2) is 0 Å². The van der Waals surface area contributed by atoms with E-state index in [2.05, 4.69) is 4.98 Å².